The molecular weight excluding hydrogens is 314 g/mol. The van der Waals surface area contributed by atoms with Crippen molar-refractivity contribution in [2.75, 3.05) is 26.3 Å². The number of sulfonamides is 1. The van der Waals surface area contributed by atoms with Crippen LogP contribution in [0, 0.1) is 0 Å². The highest BCUT2D eigenvalue weighted by Gasteiger charge is 2.43. The average Bonchev–Trinajstić information content (AvgIpc) is 3.03. The first-order chi connectivity index (χ1) is 11.1. The maximum Gasteiger partial charge on any atom is 0.239 e. The van der Waals surface area contributed by atoms with Gasteiger partial charge in [-0.2, -0.15) is 4.31 Å². The Hall–Kier alpha value is -1.21. The molecule has 0 unspecified atom stereocenters. The number of hydrogen-bond donors (Lipinski definition) is 0. The van der Waals surface area contributed by atoms with Crippen LogP contribution in [-0.4, -0.2) is 44.8 Å². The van der Waals surface area contributed by atoms with E-state index in [1.165, 1.54) is 5.56 Å². The average molecular weight is 335 g/mol. The summed E-state index contributed by atoms with van der Waals surface area (Å²) in [6.07, 6.45) is 4.41. The predicted octanol–water partition coefficient (Wildman–Crippen LogP) is 2.14. The first kappa shape index (κ1) is 15.3. The zero-order valence-corrected chi connectivity index (χ0v) is 13.8. The van der Waals surface area contributed by atoms with Gasteiger partial charge in [0, 0.05) is 25.9 Å². The Labute approximate surface area is 136 Å². The molecule has 6 heteroatoms. The van der Waals surface area contributed by atoms with Crippen molar-refractivity contribution in [3.8, 4) is 0 Å². The Morgan fingerprint density at radius 1 is 1.00 bits per heavy atom. The van der Waals surface area contributed by atoms with Crippen LogP contribution in [0.15, 0.2) is 29.2 Å². The Kier molecular flexibility index (Phi) is 3.80. The smallest absolute Gasteiger partial charge is 0.239 e. The molecule has 23 heavy (non-hydrogen) atoms. The number of fused-ring (bicyclic) bond motifs is 1. The van der Waals surface area contributed by atoms with Gasteiger partial charge < -0.3 is 9.47 Å². The number of rotatable bonds is 2. The molecule has 0 N–H and O–H groups in total. The third kappa shape index (κ3) is 2.74. The first-order valence-electron chi connectivity index (χ1n) is 8.16. The normalized spacial score (nSPS) is 24.4. The van der Waals surface area contributed by atoms with Crippen molar-refractivity contribution in [1.29, 1.82) is 0 Å². The molecule has 0 aromatic heterocycles. The van der Waals surface area contributed by atoms with Crippen molar-refractivity contribution in [2.24, 2.45) is 0 Å². The van der Waals surface area contributed by atoms with Gasteiger partial charge in [0.2, 0.25) is 10.0 Å². The number of hydrogen-bond acceptors (Lipinski definition) is 4. The van der Waals surface area contributed by atoms with Crippen molar-refractivity contribution >= 4 is 16.1 Å². The van der Waals surface area contributed by atoms with E-state index in [0.717, 1.165) is 12.0 Å². The van der Waals surface area contributed by atoms with Gasteiger partial charge in [0.1, 0.15) is 0 Å². The van der Waals surface area contributed by atoms with Crippen LogP contribution < -0.4 is 0 Å². The molecule has 0 amide bonds. The molecule has 0 atom stereocenters. The van der Waals surface area contributed by atoms with Crippen LogP contribution in [0.25, 0.3) is 6.08 Å². The molecule has 124 valence electrons. The molecule has 5 nitrogen and oxygen atoms in total. The van der Waals surface area contributed by atoms with Gasteiger partial charge in [-0.3, -0.25) is 0 Å². The largest absolute Gasteiger partial charge is 0.347 e. The van der Waals surface area contributed by atoms with Gasteiger partial charge in [-0.15, -0.1) is 0 Å². The van der Waals surface area contributed by atoms with Gasteiger partial charge in [-0.25, -0.2) is 8.42 Å². The molecule has 0 bridgehead atoms. The quantitative estimate of drug-likeness (QED) is 0.831. The van der Waals surface area contributed by atoms with Gasteiger partial charge in [0.05, 0.1) is 18.1 Å². The molecule has 0 saturated carbocycles. The third-order valence-corrected chi connectivity index (χ3v) is 7.01. The van der Waals surface area contributed by atoms with Gasteiger partial charge >= 0.3 is 0 Å². The fourth-order valence-corrected chi connectivity index (χ4v) is 5.26. The summed E-state index contributed by atoms with van der Waals surface area (Å²) in [5, 5.41) is 0. The fraction of sp³-hybridized carbons (Fsp3) is 0.529. The van der Waals surface area contributed by atoms with E-state index in [2.05, 4.69) is 6.07 Å². The lowest BCUT2D eigenvalue weighted by Gasteiger charge is -2.37. The molecule has 2 fully saturated rings. The Morgan fingerprint density at radius 2 is 1.70 bits per heavy atom. The van der Waals surface area contributed by atoms with E-state index in [9.17, 15) is 8.42 Å². The van der Waals surface area contributed by atoms with Crippen molar-refractivity contribution in [1.82, 2.24) is 4.31 Å². The molecule has 2 heterocycles. The summed E-state index contributed by atoms with van der Waals surface area (Å²) in [4.78, 5) is 0.528. The second kappa shape index (κ2) is 5.70. The number of allylic oxidation sites excluding steroid dienone is 1. The highest BCUT2D eigenvalue weighted by Crippen LogP contribution is 2.35. The summed E-state index contributed by atoms with van der Waals surface area (Å²) in [6, 6.07) is 7.99. The Bertz CT molecular complexity index is 725. The summed E-state index contributed by atoms with van der Waals surface area (Å²) in [7, 11) is -3.39. The van der Waals surface area contributed by atoms with Crippen molar-refractivity contribution in [3.05, 3.63) is 40.3 Å². The minimum absolute atomic E-state index is 0.460. The molecule has 2 aliphatic heterocycles. The lowest BCUT2D eigenvalue weighted by Crippen LogP contribution is -2.47. The summed E-state index contributed by atoms with van der Waals surface area (Å²) >= 11 is 0. The molecule has 4 rings (SSSR count). The Morgan fingerprint density at radius 3 is 2.43 bits per heavy atom. The maximum atomic E-state index is 12.9. The second-order valence-electron chi connectivity index (χ2n) is 6.32. The minimum Gasteiger partial charge on any atom is -0.347 e. The highest BCUT2D eigenvalue weighted by molar-refractivity contribution is 7.93. The van der Waals surface area contributed by atoms with Gasteiger partial charge in [-0.05, 0) is 30.0 Å². The molecule has 3 aliphatic rings. The minimum atomic E-state index is -3.39. The molecule has 1 aliphatic carbocycles. The van der Waals surface area contributed by atoms with E-state index < -0.39 is 15.8 Å². The predicted molar refractivity (Wildman–Crippen MR) is 87.1 cm³/mol. The van der Waals surface area contributed by atoms with E-state index in [4.69, 9.17) is 9.47 Å². The van der Waals surface area contributed by atoms with Gasteiger partial charge in [0.25, 0.3) is 0 Å². The molecule has 1 aromatic rings. The van der Waals surface area contributed by atoms with Crippen LogP contribution in [-0.2, 0) is 25.9 Å². The molecule has 1 aromatic carbocycles. The molecule has 1 spiro atoms. The van der Waals surface area contributed by atoms with Crippen LogP contribution in [0.2, 0.25) is 0 Å². The van der Waals surface area contributed by atoms with Crippen LogP contribution in [0.1, 0.15) is 30.4 Å². The number of aryl methyl sites for hydroxylation is 1. The second-order valence-corrected chi connectivity index (χ2v) is 8.31. The van der Waals surface area contributed by atoms with Crippen LogP contribution in [0.4, 0.5) is 0 Å². The van der Waals surface area contributed by atoms with Crippen LogP contribution in [0.3, 0.4) is 0 Å². The summed E-state index contributed by atoms with van der Waals surface area (Å²) < 4.78 is 38.8. The van der Waals surface area contributed by atoms with E-state index >= 15 is 0 Å². The summed E-state index contributed by atoms with van der Waals surface area (Å²) in [5.74, 6) is -0.542. The maximum absolute atomic E-state index is 12.9. The van der Waals surface area contributed by atoms with E-state index in [1.54, 1.807) is 4.31 Å². The van der Waals surface area contributed by atoms with Crippen molar-refractivity contribution in [3.63, 3.8) is 0 Å². The zero-order chi connectivity index (χ0) is 15.9. The SMILES string of the molecule is O=S(=O)(C1=Cc2ccccc2CC1)N1CCC2(CC1)OCCO2. The lowest BCUT2D eigenvalue weighted by molar-refractivity contribution is -0.179. The number of piperidine rings is 1. The monoisotopic (exact) mass is 335 g/mol. The highest BCUT2D eigenvalue weighted by atomic mass is 32.2. The Balaban J connectivity index is 1.54. The standard InChI is InChI=1S/C17H21NO4S/c19-23(20,16-6-5-14-3-1-2-4-15(14)13-16)18-9-7-17(8-10-18)21-11-12-22-17/h1-4,13H,5-12H2. The number of nitrogens with zero attached hydrogens (tertiary/aromatic N) is 1. The fourth-order valence-electron chi connectivity index (χ4n) is 3.63. The van der Waals surface area contributed by atoms with Crippen LogP contribution in [0.5, 0.6) is 0 Å². The summed E-state index contributed by atoms with van der Waals surface area (Å²) in [5.41, 5.74) is 2.24. The van der Waals surface area contributed by atoms with E-state index in [1.807, 2.05) is 24.3 Å². The topological polar surface area (TPSA) is 55.8 Å². The third-order valence-electron chi connectivity index (χ3n) is 4.98. The molecule has 0 radical (unpaired) electrons. The zero-order valence-electron chi connectivity index (χ0n) is 13.0. The first-order valence-corrected chi connectivity index (χ1v) is 9.60. The van der Waals surface area contributed by atoms with Gasteiger partial charge in [0.15, 0.2) is 5.79 Å². The number of benzene rings is 1. The van der Waals surface area contributed by atoms with Gasteiger partial charge in [-0.1, -0.05) is 24.3 Å². The van der Waals surface area contributed by atoms with Crippen LogP contribution >= 0.6 is 0 Å². The van der Waals surface area contributed by atoms with Crippen molar-refractivity contribution < 1.29 is 17.9 Å². The summed E-state index contributed by atoms with van der Waals surface area (Å²) in [6.45, 7) is 2.13. The van der Waals surface area contributed by atoms with E-state index in [-0.39, 0.29) is 0 Å². The molecular formula is C17H21NO4S. The lowest BCUT2D eigenvalue weighted by atomic mass is 9.98. The number of ether oxygens (including phenoxy) is 2. The van der Waals surface area contributed by atoms with Crippen molar-refractivity contribution in [2.45, 2.75) is 31.5 Å². The van der Waals surface area contributed by atoms with E-state index in [0.29, 0.717) is 50.5 Å². The molecule has 2 saturated heterocycles.